The van der Waals surface area contributed by atoms with Gasteiger partial charge in [-0.1, -0.05) is 36.4 Å². The minimum Gasteiger partial charge on any atom is -0.345 e. The Balaban J connectivity index is 1.70. The van der Waals surface area contributed by atoms with Crippen LogP contribution in [0.3, 0.4) is 0 Å². The van der Waals surface area contributed by atoms with E-state index in [9.17, 15) is 9.59 Å². The number of para-hydroxylation sites is 1. The number of carbonyl (C=O) groups is 1. The summed E-state index contributed by atoms with van der Waals surface area (Å²) >= 11 is 1.81. The van der Waals surface area contributed by atoms with Crippen molar-refractivity contribution in [1.29, 1.82) is 0 Å². The van der Waals surface area contributed by atoms with Crippen molar-refractivity contribution in [3.05, 3.63) is 76.1 Å². The van der Waals surface area contributed by atoms with Crippen LogP contribution in [0.25, 0.3) is 10.9 Å². The molecule has 4 nitrogen and oxygen atoms in total. The van der Waals surface area contributed by atoms with E-state index in [-0.39, 0.29) is 17.5 Å². The molecule has 2 N–H and O–H groups in total. The Morgan fingerprint density at radius 1 is 1.12 bits per heavy atom. The van der Waals surface area contributed by atoms with Crippen molar-refractivity contribution < 1.29 is 4.79 Å². The molecule has 0 fully saturated rings. The number of carbonyl (C=O) groups excluding carboxylic acids is 1. The minimum absolute atomic E-state index is 0.0204. The van der Waals surface area contributed by atoms with Crippen LogP contribution in [0.1, 0.15) is 28.4 Å². The number of benzene rings is 2. The molecule has 0 saturated heterocycles. The molecule has 24 heavy (non-hydrogen) atoms. The van der Waals surface area contributed by atoms with Gasteiger partial charge in [-0.2, -0.15) is 0 Å². The lowest BCUT2D eigenvalue weighted by Gasteiger charge is -2.26. The lowest BCUT2D eigenvalue weighted by molar-refractivity contribution is 0.0936. The fourth-order valence-corrected chi connectivity index (χ4v) is 4.25. The van der Waals surface area contributed by atoms with E-state index in [1.54, 1.807) is 6.07 Å². The Morgan fingerprint density at radius 3 is 2.83 bits per heavy atom. The SMILES string of the molecule is O=C(NC1CCSc2ccccc21)c1cc(=O)[nH]c2ccccc12. The molecule has 120 valence electrons. The molecule has 2 aromatic carbocycles. The number of rotatable bonds is 2. The van der Waals surface area contributed by atoms with Crippen LogP contribution < -0.4 is 10.9 Å². The van der Waals surface area contributed by atoms with E-state index < -0.39 is 0 Å². The van der Waals surface area contributed by atoms with Gasteiger partial charge in [0, 0.05) is 27.6 Å². The number of aromatic amines is 1. The van der Waals surface area contributed by atoms with Gasteiger partial charge in [-0.05, 0) is 24.1 Å². The summed E-state index contributed by atoms with van der Waals surface area (Å²) in [4.78, 5) is 28.7. The second-order valence-corrected chi connectivity index (χ2v) is 6.93. The number of nitrogens with one attached hydrogen (secondary N) is 2. The highest BCUT2D eigenvalue weighted by Crippen LogP contribution is 2.36. The molecule has 1 aliphatic heterocycles. The predicted octanol–water partition coefficient (Wildman–Crippen LogP) is 3.50. The average molecular weight is 336 g/mol. The Morgan fingerprint density at radius 2 is 1.92 bits per heavy atom. The Kier molecular flexibility index (Phi) is 3.86. The van der Waals surface area contributed by atoms with E-state index in [0.717, 1.165) is 23.1 Å². The van der Waals surface area contributed by atoms with Crippen molar-refractivity contribution in [3.8, 4) is 0 Å². The summed E-state index contributed by atoms with van der Waals surface area (Å²) in [6.07, 6.45) is 0.883. The third-order valence-corrected chi connectivity index (χ3v) is 5.38. The molecular weight excluding hydrogens is 320 g/mol. The summed E-state index contributed by atoms with van der Waals surface area (Å²) < 4.78 is 0. The van der Waals surface area contributed by atoms with E-state index in [0.29, 0.717) is 11.1 Å². The molecule has 4 rings (SSSR count). The molecule has 1 amide bonds. The lowest BCUT2D eigenvalue weighted by Crippen LogP contribution is -2.31. The number of hydrogen-bond donors (Lipinski definition) is 2. The number of H-pyrrole nitrogens is 1. The number of fused-ring (bicyclic) bond motifs is 2. The maximum Gasteiger partial charge on any atom is 0.252 e. The van der Waals surface area contributed by atoms with Gasteiger partial charge in [-0.25, -0.2) is 0 Å². The van der Waals surface area contributed by atoms with Crippen molar-refractivity contribution in [2.24, 2.45) is 0 Å². The predicted molar refractivity (Wildman–Crippen MR) is 96.6 cm³/mol. The van der Waals surface area contributed by atoms with Crippen LogP contribution in [-0.4, -0.2) is 16.6 Å². The quantitative estimate of drug-likeness (QED) is 0.753. The smallest absolute Gasteiger partial charge is 0.252 e. The maximum absolute atomic E-state index is 12.8. The van der Waals surface area contributed by atoms with E-state index in [1.165, 1.54) is 11.0 Å². The summed E-state index contributed by atoms with van der Waals surface area (Å²) in [5.41, 5.74) is 1.98. The van der Waals surface area contributed by atoms with Gasteiger partial charge >= 0.3 is 0 Å². The van der Waals surface area contributed by atoms with Gasteiger partial charge in [0.15, 0.2) is 0 Å². The highest BCUT2D eigenvalue weighted by Gasteiger charge is 2.23. The third kappa shape index (κ3) is 2.71. The van der Waals surface area contributed by atoms with Gasteiger partial charge < -0.3 is 10.3 Å². The standard InChI is InChI=1S/C19H16N2O2S/c22-18-11-14(12-5-1-3-7-15(12)20-18)19(23)21-16-9-10-24-17-8-4-2-6-13(16)17/h1-8,11,16H,9-10H2,(H,20,22)(H,21,23). The first-order valence-corrected chi connectivity index (χ1v) is 8.85. The molecular formula is C19H16N2O2S. The van der Waals surface area contributed by atoms with Crippen LogP contribution in [0.15, 0.2) is 64.3 Å². The molecule has 1 atom stereocenters. The van der Waals surface area contributed by atoms with Crippen molar-refractivity contribution in [1.82, 2.24) is 10.3 Å². The topological polar surface area (TPSA) is 62.0 Å². The van der Waals surface area contributed by atoms with Crippen molar-refractivity contribution >= 4 is 28.6 Å². The highest BCUT2D eigenvalue weighted by atomic mass is 32.2. The van der Waals surface area contributed by atoms with E-state index in [4.69, 9.17) is 0 Å². The number of aromatic nitrogens is 1. The number of thioether (sulfide) groups is 1. The second kappa shape index (κ2) is 6.17. The number of hydrogen-bond acceptors (Lipinski definition) is 3. The maximum atomic E-state index is 12.8. The molecule has 1 aromatic heterocycles. The zero-order valence-corrected chi connectivity index (χ0v) is 13.7. The Bertz CT molecular complexity index is 980. The molecule has 0 radical (unpaired) electrons. The summed E-state index contributed by atoms with van der Waals surface area (Å²) in [7, 11) is 0. The summed E-state index contributed by atoms with van der Waals surface area (Å²) in [5, 5.41) is 3.86. The molecule has 2 heterocycles. The largest absolute Gasteiger partial charge is 0.345 e. The van der Waals surface area contributed by atoms with E-state index >= 15 is 0 Å². The van der Waals surface area contributed by atoms with Crippen molar-refractivity contribution in [2.45, 2.75) is 17.4 Å². The molecule has 0 bridgehead atoms. The van der Waals surface area contributed by atoms with E-state index in [2.05, 4.69) is 22.4 Å². The molecule has 0 aliphatic carbocycles. The van der Waals surface area contributed by atoms with Gasteiger partial charge in [0.05, 0.1) is 11.6 Å². The van der Waals surface area contributed by atoms with Crippen LogP contribution in [-0.2, 0) is 0 Å². The molecule has 0 saturated carbocycles. The lowest BCUT2D eigenvalue weighted by atomic mass is 10.0. The molecule has 1 unspecified atom stereocenters. The second-order valence-electron chi connectivity index (χ2n) is 5.79. The van der Waals surface area contributed by atoms with Crippen LogP contribution in [0.4, 0.5) is 0 Å². The van der Waals surface area contributed by atoms with Crippen LogP contribution in [0.5, 0.6) is 0 Å². The van der Waals surface area contributed by atoms with Crippen molar-refractivity contribution in [3.63, 3.8) is 0 Å². The molecule has 0 spiro atoms. The van der Waals surface area contributed by atoms with Gasteiger partial charge in [0.2, 0.25) is 5.56 Å². The molecule has 1 aliphatic rings. The first-order valence-electron chi connectivity index (χ1n) is 7.87. The summed E-state index contributed by atoms with van der Waals surface area (Å²) in [6, 6.07) is 16.9. The monoisotopic (exact) mass is 336 g/mol. The third-order valence-electron chi connectivity index (χ3n) is 4.26. The Hall–Kier alpha value is -2.53. The zero-order chi connectivity index (χ0) is 16.5. The fraction of sp³-hybridized carbons (Fsp3) is 0.158. The van der Waals surface area contributed by atoms with Gasteiger partial charge in [-0.3, -0.25) is 9.59 Å². The van der Waals surface area contributed by atoms with Gasteiger partial charge in [-0.15, -0.1) is 11.8 Å². The van der Waals surface area contributed by atoms with Crippen molar-refractivity contribution in [2.75, 3.05) is 5.75 Å². The minimum atomic E-state index is -0.265. The van der Waals surface area contributed by atoms with Crippen LogP contribution in [0.2, 0.25) is 0 Å². The number of pyridine rings is 1. The van der Waals surface area contributed by atoms with E-state index in [1.807, 2.05) is 42.1 Å². The van der Waals surface area contributed by atoms with Gasteiger partial charge in [0.1, 0.15) is 0 Å². The first-order chi connectivity index (χ1) is 11.7. The average Bonchev–Trinajstić information content (AvgIpc) is 2.61. The summed E-state index contributed by atoms with van der Waals surface area (Å²) in [6.45, 7) is 0. The first kappa shape index (κ1) is 15.0. The van der Waals surface area contributed by atoms with Gasteiger partial charge in [0.25, 0.3) is 5.91 Å². The number of amides is 1. The summed E-state index contributed by atoms with van der Waals surface area (Å²) in [5.74, 6) is 0.766. The fourth-order valence-electron chi connectivity index (χ4n) is 3.12. The highest BCUT2D eigenvalue weighted by molar-refractivity contribution is 7.99. The molecule has 5 heteroatoms. The van der Waals surface area contributed by atoms with Crippen LogP contribution >= 0.6 is 11.8 Å². The molecule has 3 aromatic rings. The zero-order valence-electron chi connectivity index (χ0n) is 12.9. The normalized spacial score (nSPS) is 16.6. The Labute approximate surface area is 143 Å². The van der Waals surface area contributed by atoms with Crippen LogP contribution in [0, 0.1) is 0 Å².